The number of nitrogens with zero attached hydrogens (tertiary/aromatic N) is 3. The number of H-pyrrole nitrogens is 1. The van der Waals surface area contributed by atoms with E-state index in [0.717, 1.165) is 0 Å². The first-order valence-corrected chi connectivity index (χ1v) is 4.27. The average molecular weight is 204 g/mol. The van der Waals surface area contributed by atoms with Gasteiger partial charge in [-0.25, -0.2) is 23.7 Å². The van der Waals surface area contributed by atoms with E-state index in [2.05, 4.69) is 15.2 Å². The summed E-state index contributed by atoms with van der Waals surface area (Å²) in [6.45, 7) is 0. The summed E-state index contributed by atoms with van der Waals surface area (Å²) in [6.07, 6.45) is 1.32. The average Bonchev–Trinajstić information content (AvgIpc) is 2.60. The van der Waals surface area contributed by atoms with Crippen LogP contribution in [0.1, 0.15) is 0 Å². The van der Waals surface area contributed by atoms with Gasteiger partial charge in [-0.1, -0.05) is 0 Å². The molecule has 0 atom stereocenters. The fourth-order valence-corrected chi connectivity index (χ4v) is 1.52. The monoisotopic (exact) mass is 204 g/mol. The van der Waals surface area contributed by atoms with Crippen LogP contribution in [0.4, 0.5) is 4.39 Å². The maximum Gasteiger partial charge on any atom is 0.348 e. The molecule has 6 heteroatoms. The SMILES string of the molecule is O=c1[nH]nc2c3ccc(F)cc3ncn12. The van der Waals surface area contributed by atoms with Gasteiger partial charge in [0.1, 0.15) is 12.1 Å². The predicted octanol–water partition coefficient (Wildman–Crippen LogP) is 0.710. The molecule has 1 N–H and O–H groups in total. The topological polar surface area (TPSA) is 63.0 Å². The molecule has 0 aliphatic heterocycles. The maximum atomic E-state index is 12.9. The molecule has 15 heavy (non-hydrogen) atoms. The first kappa shape index (κ1) is 8.10. The molecule has 3 rings (SSSR count). The highest BCUT2D eigenvalue weighted by atomic mass is 19.1. The third-order valence-corrected chi connectivity index (χ3v) is 2.22. The van der Waals surface area contributed by atoms with Gasteiger partial charge in [-0.2, -0.15) is 5.10 Å². The van der Waals surface area contributed by atoms with Crippen molar-refractivity contribution in [2.75, 3.05) is 0 Å². The number of nitrogens with one attached hydrogen (secondary N) is 1. The van der Waals surface area contributed by atoms with Gasteiger partial charge in [0.05, 0.1) is 5.52 Å². The first-order valence-electron chi connectivity index (χ1n) is 4.27. The van der Waals surface area contributed by atoms with Crippen LogP contribution in [0.5, 0.6) is 0 Å². The fourth-order valence-electron chi connectivity index (χ4n) is 1.52. The lowest BCUT2D eigenvalue weighted by atomic mass is 10.2. The summed E-state index contributed by atoms with van der Waals surface area (Å²) in [5.74, 6) is -0.364. The van der Waals surface area contributed by atoms with Crippen LogP contribution in [0, 0.1) is 5.82 Å². The molecule has 0 saturated carbocycles. The molecule has 0 aliphatic rings. The number of rotatable bonds is 0. The summed E-state index contributed by atoms with van der Waals surface area (Å²) >= 11 is 0. The number of hydrogen-bond donors (Lipinski definition) is 1. The van der Waals surface area contributed by atoms with Crippen molar-refractivity contribution < 1.29 is 4.39 Å². The number of aromatic amines is 1. The van der Waals surface area contributed by atoms with Crippen LogP contribution < -0.4 is 5.69 Å². The van der Waals surface area contributed by atoms with Crippen molar-refractivity contribution in [2.45, 2.75) is 0 Å². The summed E-state index contributed by atoms with van der Waals surface area (Å²) < 4.78 is 14.2. The molecular formula is C9H5FN4O. The Morgan fingerprint density at radius 3 is 3.13 bits per heavy atom. The van der Waals surface area contributed by atoms with E-state index in [1.165, 1.54) is 22.9 Å². The summed E-state index contributed by atoms with van der Waals surface area (Å²) in [6, 6.07) is 4.16. The lowest BCUT2D eigenvalue weighted by Gasteiger charge is -1.97. The molecule has 1 aromatic carbocycles. The molecule has 0 saturated heterocycles. The summed E-state index contributed by atoms with van der Waals surface area (Å²) in [5, 5.41) is 6.78. The van der Waals surface area contributed by atoms with Gasteiger partial charge in [-0.15, -0.1) is 0 Å². The Morgan fingerprint density at radius 1 is 1.40 bits per heavy atom. The number of hydrogen-bond acceptors (Lipinski definition) is 3. The number of halogens is 1. The van der Waals surface area contributed by atoms with Crippen molar-refractivity contribution in [3.63, 3.8) is 0 Å². The minimum atomic E-state index is -0.364. The smallest absolute Gasteiger partial charge is 0.246 e. The molecular weight excluding hydrogens is 199 g/mol. The zero-order chi connectivity index (χ0) is 10.4. The Morgan fingerprint density at radius 2 is 2.27 bits per heavy atom. The highest BCUT2D eigenvalue weighted by Crippen LogP contribution is 2.15. The van der Waals surface area contributed by atoms with Gasteiger partial charge in [0.2, 0.25) is 0 Å². The largest absolute Gasteiger partial charge is 0.348 e. The Hall–Kier alpha value is -2.24. The molecule has 0 unspecified atom stereocenters. The van der Waals surface area contributed by atoms with Crippen LogP contribution in [-0.4, -0.2) is 19.6 Å². The zero-order valence-corrected chi connectivity index (χ0v) is 7.44. The van der Waals surface area contributed by atoms with Crippen molar-refractivity contribution in [1.82, 2.24) is 19.6 Å². The molecule has 0 spiro atoms. The molecule has 2 heterocycles. The van der Waals surface area contributed by atoms with E-state index in [9.17, 15) is 9.18 Å². The van der Waals surface area contributed by atoms with E-state index in [4.69, 9.17) is 0 Å². The van der Waals surface area contributed by atoms with Crippen molar-refractivity contribution in [3.05, 3.63) is 40.8 Å². The Kier molecular flexibility index (Phi) is 1.42. The van der Waals surface area contributed by atoms with Crippen LogP contribution in [0.25, 0.3) is 16.6 Å². The molecule has 3 aromatic rings. The lowest BCUT2D eigenvalue weighted by Crippen LogP contribution is -2.09. The van der Waals surface area contributed by atoms with Gasteiger partial charge in [0, 0.05) is 11.5 Å². The van der Waals surface area contributed by atoms with Crippen LogP contribution >= 0.6 is 0 Å². The molecule has 0 bridgehead atoms. The molecule has 0 aliphatic carbocycles. The standard InChI is InChI=1S/C9H5FN4O/c10-5-1-2-6-7(3-5)11-4-14-8(6)12-13-9(14)15/h1-4H,(H,13,15). The summed E-state index contributed by atoms with van der Waals surface area (Å²) in [7, 11) is 0. The first-order chi connectivity index (χ1) is 7.25. The second-order valence-electron chi connectivity index (χ2n) is 3.13. The number of fused-ring (bicyclic) bond motifs is 3. The van der Waals surface area contributed by atoms with Gasteiger partial charge in [-0.05, 0) is 12.1 Å². The van der Waals surface area contributed by atoms with Gasteiger partial charge < -0.3 is 0 Å². The van der Waals surface area contributed by atoms with Gasteiger partial charge in [0.25, 0.3) is 0 Å². The highest BCUT2D eigenvalue weighted by Gasteiger charge is 2.06. The minimum absolute atomic E-state index is 0.358. The van der Waals surface area contributed by atoms with Crippen LogP contribution in [0.3, 0.4) is 0 Å². The summed E-state index contributed by atoms with van der Waals surface area (Å²) in [4.78, 5) is 15.2. The van der Waals surface area contributed by atoms with Crippen molar-refractivity contribution in [1.29, 1.82) is 0 Å². The fraction of sp³-hybridized carbons (Fsp3) is 0. The van der Waals surface area contributed by atoms with E-state index < -0.39 is 0 Å². The molecule has 2 aromatic heterocycles. The predicted molar refractivity (Wildman–Crippen MR) is 51.1 cm³/mol. The van der Waals surface area contributed by atoms with Crippen molar-refractivity contribution >= 4 is 16.6 Å². The maximum absolute atomic E-state index is 12.9. The normalized spacial score (nSPS) is 11.3. The molecule has 0 fully saturated rings. The summed E-state index contributed by atoms with van der Waals surface area (Å²) in [5.41, 5.74) is 0.565. The van der Waals surface area contributed by atoms with Gasteiger partial charge in [0.15, 0.2) is 5.65 Å². The highest BCUT2D eigenvalue weighted by molar-refractivity contribution is 5.90. The second kappa shape index (κ2) is 2.63. The van der Waals surface area contributed by atoms with E-state index in [-0.39, 0.29) is 11.5 Å². The molecule has 5 nitrogen and oxygen atoms in total. The van der Waals surface area contributed by atoms with Gasteiger partial charge >= 0.3 is 5.69 Å². The van der Waals surface area contributed by atoms with E-state index >= 15 is 0 Å². The lowest BCUT2D eigenvalue weighted by molar-refractivity contribution is 0.629. The van der Waals surface area contributed by atoms with E-state index in [1.807, 2.05) is 0 Å². The number of aromatic nitrogens is 4. The Balaban J connectivity index is 2.60. The van der Waals surface area contributed by atoms with Crippen molar-refractivity contribution in [2.24, 2.45) is 0 Å². The third kappa shape index (κ3) is 1.04. The van der Waals surface area contributed by atoms with Gasteiger partial charge in [-0.3, -0.25) is 0 Å². The van der Waals surface area contributed by atoms with E-state index in [1.54, 1.807) is 6.07 Å². The Labute approximate surface area is 82.2 Å². The number of benzene rings is 1. The van der Waals surface area contributed by atoms with Crippen LogP contribution in [0.15, 0.2) is 29.3 Å². The third-order valence-electron chi connectivity index (χ3n) is 2.22. The molecule has 0 amide bonds. The minimum Gasteiger partial charge on any atom is -0.246 e. The molecule has 0 radical (unpaired) electrons. The van der Waals surface area contributed by atoms with Crippen molar-refractivity contribution in [3.8, 4) is 0 Å². The van der Waals surface area contributed by atoms with Crippen LogP contribution in [0.2, 0.25) is 0 Å². The quantitative estimate of drug-likeness (QED) is 0.586. The van der Waals surface area contributed by atoms with E-state index in [0.29, 0.717) is 16.6 Å². The molecule has 74 valence electrons. The second-order valence-corrected chi connectivity index (χ2v) is 3.13. The Bertz CT molecular complexity index is 715. The van der Waals surface area contributed by atoms with Crippen LogP contribution in [-0.2, 0) is 0 Å². The zero-order valence-electron chi connectivity index (χ0n) is 7.44.